The number of rotatable bonds is 7. The second-order valence-corrected chi connectivity index (χ2v) is 4.73. The van der Waals surface area contributed by atoms with Crippen LogP contribution in [0.5, 0.6) is 0 Å². The van der Waals surface area contributed by atoms with Crippen molar-refractivity contribution >= 4 is 0 Å². The Morgan fingerprint density at radius 1 is 1.47 bits per heavy atom. The Morgan fingerprint density at radius 2 is 2.07 bits per heavy atom. The number of hydrogen-bond acceptors (Lipinski definition) is 3. The molecule has 0 aliphatic heterocycles. The first-order valence-corrected chi connectivity index (χ1v) is 5.80. The Morgan fingerprint density at radius 3 is 2.40 bits per heavy atom. The molecule has 0 amide bonds. The molecule has 0 saturated carbocycles. The van der Waals surface area contributed by atoms with Gasteiger partial charge in [-0.15, -0.1) is 0 Å². The van der Waals surface area contributed by atoms with E-state index in [1.807, 2.05) is 14.0 Å². The fourth-order valence-corrected chi connectivity index (χ4v) is 1.51. The van der Waals surface area contributed by atoms with E-state index in [0.29, 0.717) is 5.92 Å². The highest BCUT2D eigenvalue weighted by atomic mass is 15.1. The smallest absolute Gasteiger partial charge is 0.104 e. The molecule has 3 heteroatoms. The Kier molecular flexibility index (Phi) is 6.55. The summed E-state index contributed by atoms with van der Waals surface area (Å²) in [5.41, 5.74) is -0.385. The maximum atomic E-state index is 9.02. The Hall–Kier alpha value is -0.590. The van der Waals surface area contributed by atoms with Crippen molar-refractivity contribution in [3.63, 3.8) is 0 Å². The van der Waals surface area contributed by atoms with E-state index in [1.54, 1.807) is 0 Å². The van der Waals surface area contributed by atoms with E-state index in [9.17, 15) is 0 Å². The number of nitriles is 1. The quantitative estimate of drug-likeness (QED) is 0.698. The number of nitrogens with zero attached hydrogens (tertiary/aromatic N) is 2. The average molecular weight is 211 g/mol. The molecule has 0 radical (unpaired) electrons. The van der Waals surface area contributed by atoms with Gasteiger partial charge in [-0.1, -0.05) is 20.8 Å². The zero-order valence-electron chi connectivity index (χ0n) is 10.8. The van der Waals surface area contributed by atoms with Crippen LogP contribution in [0.4, 0.5) is 0 Å². The van der Waals surface area contributed by atoms with Crippen LogP contribution in [0.25, 0.3) is 0 Å². The Bertz CT molecular complexity index is 207. The summed E-state index contributed by atoms with van der Waals surface area (Å²) in [5.74, 6) is 0.688. The molecular weight excluding hydrogens is 186 g/mol. The van der Waals surface area contributed by atoms with Gasteiger partial charge in [-0.2, -0.15) is 5.26 Å². The lowest BCUT2D eigenvalue weighted by Crippen LogP contribution is -2.42. The molecule has 0 spiro atoms. The minimum atomic E-state index is -0.385. The van der Waals surface area contributed by atoms with Gasteiger partial charge < -0.3 is 10.2 Å². The van der Waals surface area contributed by atoms with Gasteiger partial charge in [0, 0.05) is 13.1 Å². The summed E-state index contributed by atoms with van der Waals surface area (Å²) in [6.45, 7) is 11.7. The summed E-state index contributed by atoms with van der Waals surface area (Å²) in [7, 11) is 1.85. The van der Waals surface area contributed by atoms with Crippen molar-refractivity contribution in [1.82, 2.24) is 10.2 Å². The van der Waals surface area contributed by atoms with Gasteiger partial charge in [0.2, 0.25) is 0 Å². The van der Waals surface area contributed by atoms with Crippen molar-refractivity contribution in [2.75, 3.05) is 26.7 Å². The van der Waals surface area contributed by atoms with Crippen molar-refractivity contribution in [2.24, 2.45) is 5.92 Å². The Labute approximate surface area is 94.5 Å². The molecule has 0 aliphatic carbocycles. The van der Waals surface area contributed by atoms with E-state index in [0.717, 1.165) is 26.1 Å². The zero-order chi connectivity index (χ0) is 11.9. The maximum absolute atomic E-state index is 9.02. The molecule has 1 unspecified atom stereocenters. The van der Waals surface area contributed by atoms with Crippen LogP contribution in [0.15, 0.2) is 0 Å². The SMILES string of the molecule is CCN(CCC(C)(C#N)NC)CC(C)C. The molecule has 0 heterocycles. The molecule has 0 rings (SSSR count). The third kappa shape index (κ3) is 5.76. The summed E-state index contributed by atoms with van der Waals surface area (Å²) in [6, 6.07) is 2.32. The molecule has 0 saturated heterocycles. The lowest BCUT2D eigenvalue weighted by molar-refractivity contribution is 0.234. The topological polar surface area (TPSA) is 39.1 Å². The van der Waals surface area contributed by atoms with E-state index in [-0.39, 0.29) is 5.54 Å². The molecule has 0 aromatic rings. The minimum absolute atomic E-state index is 0.385. The molecule has 15 heavy (non-hydrogen) atoms. The van der Waals surface area contributed by atoms with Gasteiger partial charge in [-0.3, -0.25) is 0 Å². The van der Waals surface area contributed by atoms with Crippen molar-refractivity contribution in [2.45, 2.75) is 39.7 Å². The molecule has 1 N–H and O–H groups in total. The van der Waals surface area contributed by atoms with E-state index in [2.05, 4.69) is 37.1 Å². The second-order valence-electron chi connectivity index (χ2n) is 4.73. The largest absolute Gasteiger partial charge is 0.303 e. The highest BCUT2D eigenvalue weighted by Crippen LogP contribution is 2.09. The first kappa shape index (κ1) is 14.4. The molecule has 1 atom stereocenters. The lowest BCUT2D eigenvalue weighted by atomic mass is 10.00. The fourth-order valence-electron chi connectivity index (χ4n) is 1.51. The standard InChI is InChI=1S/C12H25N3/c1-6-15(9-11(2)3)8-7-12(4,10-13)14-5/h11,14H,6-9H2,1-5H3. The normalized spacial score (nSPS) is 15.3. The van der Waals surface area contributed by atoms with Crippen molar-refractivity contribution in [1.29, 1.82) is 5.26 Å². The summed E-state index contributed by atoms with van der Waals surface area (Å²) < 4.78 is 0. The highest BCUT2D eigenvalue weighted by Gasteiger charge is 2.21. The number of nitrogens with one attached hydrogen (secondary N) is 1. The predicted octanol–water partition coefficient (Wildman–Crippen LogP) is 1.86. The molecule has 3 nitrogen and oxygen atoms in total. The van der Waals surface area contributed by atoms with Crippen LogP contribution in [-0.2, 0) is 0 Å². The molecular formula is C12H25N3. The summed E-state index contributed by atoms with van der Waals surface area (Å²) >= 11 is 0. The minimum Gasteiger partial charge on any atom is -0.303 e. The van der Waals surface area contributed by atoms with Gasteiger partial charge in [0.25, 0.3) is 0 Å². The molecule has 0 aliphatic rings. The Balaban J connectivity index is 4.05. The predicted molar refractivity (Wildman–Crippen MR) is 64.6 cm³/mol. The first-order valence-electron chi connectivity index (χ1n) is 5.80. The third-order valence-corrected chi connectivity index (χ3v) is 2.80. The van der Waals surface area contributed by atoms with Crippen molar-refractivity contribution < 1.29 is 0 Å². The van der Waals surface area contributed by atoms with Crippen LogP contribution in [0.3, 0.4) is 0 Å². The molecule has 0 fully saturated rings. The van der Waals surface area contributed by atoms with Crippen LogP contribution >= 0.6 is 0 Å². The van der Waals surface area contributed by atoms with E-state index in [1.165, 1.54) is 0 Å². The average Bonchev–Trinajstić information content (AvgIpc) is 2.23. The van der Waals surface area contributed by atoms with Crippen molar-refractivity contribution in [3.05, 3.63) is 0 Å². The van der Waals surface area contributed by atoms with Gasteiger partial charge >= 0.3 is 0 Å². The molecule has 0 aromatic carbocycles. The van der Waals surface area contributed by atoms with Crippen LogP contribution in [0, 0.1) is 17.2 Å². The van der Waals surface area contributed by atoms with Gasteiger partial charge in [0.05, 0.1) is 6.07 Å². The summed E-state index contributed by atoms with van der Waals surface area (Å²) in [4.78, 5) is 2.40. The van der Waals surface area contributed by atoms with E-state index >= 15 is 0 Å². The van der Waals surface area contributed by atoms with Crippen LogP contribution in [-0.4, -0.2) is 37.1 Å². The molecule has 0 aromatic heterocycles. The monoisotopic (exact) mass is 211 g/mol. The van der Waals surface area contributed by atoms with Crippen LogP contribution in [0.1, 0.15) is 34.1 Å². The first-order chi connectivity index (χ1) is 6.97. The van der Waals surface area contributed by atoms with Gasteiger partial charge in [-0.05, 0) is 32.9 Å². The summed E-state index contributed by atoms with van der Waals surface area (Å²) in [6.07, 6.45) is 0.876. The van der Waals surface area contributed by atoms with Crippen LogP contribution < -0.4 is 5.32 Å². The zero-order valence-corrected chi connectivity index (χ0v) is 10.8. The van der Waals surface area contributed by atoms with Crippen LogP contribution in [0.2, 0.25) is 0 Å². The summed E-state index contributed by atoms with van der Waals surface area (Å²) in [5, 5.41) is 12.1. The molecule has 88 valence electrons. The lowest BCUT2D eigenvalue weighted by Gasteiger charge is -2.27. The van der Waals surface area contributed by atoms with Gasteiger partial charge in [-0.25, -0.2) is 0 Å². The maximum Gasteiger partial charge on any atom is 0.104 e. The second kappa shape index (κ2) is 6.81. The van der Waals surface area contributed by atoms with E-state index < -0.39 is 0 Å². The van der Waals surface area contributed by atoms with Gasteiger partial charge in [0.1, 0.15) is 5.54 Å². The fraction of sp³-hybridized carbons (Fsp3) is 0.917. The number of hydrogen-bond donors (Lipinski definition) is 1. The highest BCUT2D eigenvalue weighted by molar-refractivity contribution is 5.03. The third-order valence-electron chi connectivity index (χ3n) is 2.80. The van der Waals surface area contributed by atoms with Gasteiger partial charge in [0.15, 0.2) is 0 Å². The molecule has 0 bridgehead atoms. The van der Waals surface area contributed by atoms with E-state index in [4.69, 9.17) is 5.26 Å². The van der Waals surface area contributed by atoms with Crippen molar-refractivity contribution in [3.8, 4) is 6.07 Å².